The van der Waals surface area contributed by atoms with Crippen LogP contribution in [0, 0.1) is 11.8 Å². The molecule has 0 aliphatic carbocycles. The number of rotatable bonds is 3. The highest BCUT2D eigenvalue weighted by atomic mass is 16.5. The molecule has 3 aliphatic rings. The molecule has 3 fully saturated rings. The number of carbonyl (C=O) groups excluding carboxylic acids is 2. The standard InChI is InChI=1S/C21H29N3O3/c1-15(25)24-13-17-12-23(20(26)21(27-2)8-10-22-11-9-21)14-18(17)19(24)16-6-4-3-5-7-16/h3-7,17-19,22H,8-14H2,1-2H3/t17-,18-,19-/m1/s1. The van der Waals surface area contributed by atoms with Crippen molar-refractivity contribution in [2.24, 2.45) is 11.8 Å². The zero-order valence-electron chi connectivity index (χ0n) is 16.2. The Hall–Kier alpha value is -1.92. The van der Waals surface area contributed by atoms with Gasteiger partial charge in [-0.2, -0.15) is 0 Å². The van der Waals surface area contributed by atoms with Crippen LogP contribution in [-0.2, 0) is 14.3 Å². The number of benzene rings is 1. The molecule has 1 aromatic rings. The summed E-state index contributed by atoms with van der Waals surface area (Å²) in [5, 5.41) is 3.31. The van der Waals surface area contributed by atoms with Gasteiger partial charge in [-0.25, -0.2) is 0 Å². The third-order valence-corrected chi connectivity index (χ3v) is 6.69. The first-order chi connectivity index (χ1) is 13.1. The Bertz CT molecular complexity index is 702. The fourth-order valence-corrected chi connectivity index (χ4v) is 5.24. The fourth-order valence-electron chi connectivity index (χ4n) is 5.24. The lowest BCUT2D eigenvalue weighted by molar-refractivity contribution is -0.157. The van der Waals surface area contributed by atoms with Gasteiger partial charge in [-0.15, -0.1) is 0 Å². The first-order valence-corrected chi connectivity index (χ1v) is 9.93. The lowest BCUT2D eigenvalue weighted by atomic mass is 9.89. The molecular formula is C21H29N3O3. The zero-order valence-corrected chi connectivity index (χ0v) is 16.2. The van der Waals surface area contributed by atoms with E-state index in [1.165, 1.54) is 0 Å². The molecule has 0 unspecified atom stereocenters. The van der Waals surface area contributed by atoms with Gasteiger partial charge < -0.3 is 19.9 Å². The molecule has 6 nitrogen and oxygen atoms in total. The maximum atomic E-state index is 13.3. The van der Waals surface area contributed by atoms with Gasteiger partial charge in [-0.3, -0.25) is 9.59 Å². The monoisotopic (exact) mass is 371 g/mol. The van der Waals surface area contributed by atoms with E-state index in [0.29, 0.717) is 12.5 Å². The van der Waals surface area contributed by atoms with Crippen LogP contribution in [-0.4, -0.2) is 67.0 Å². The van der Waals surface area contributed by atoms with Crippen molar-refractivity contribution in [3.63, 3.8) is 0 Å². The molecule has 2 amide bonds. The summed E-state index contributed by atoms with van der Waals surface area (Å²) < 4.78 is 5.75. The van der Waals surface area contributed by atoms with E-state index in [-0.39, 0.29) is 23.8 Å². The highest BCUT2D eigenvalue weighted by molar-refractivity contribution is 5.86. The first kappa shape index (κ1) is 18.4. The van der Waals surface area contributed by atoms with Crippen LogP contribution in [0.3, 0.4) is 0 Å². The maximum Gasteiger partial charge on any atom is 0.254 e. The van der Waals surface area contributed by atoms with Gasteiger partial charge in [0, 0.05) is 45.5 Å². The number of nitrogens with one attached hydrogen (secondary N) is 1. The Morgan fingerprint density at radius 1 is 1.11 bits per heavy atom. The highest BCUT2D eigenvalue weighted by Gasteiger charge is 2.52. The van der Waals surface area contributed by atoms with E-state index in [0.717, 1.165) is 44.6 Å². The van der Waals surface area contributed by atoms with Crippen LogP contribution in [0.15, 0.2) is 30.3 Å². The number of nitrogens with zero attached hydrogens (tertiary/aromatic N) is 2. The fraction of sp³-hybridized carbons (Fsp3) is 0.619. The second kappa shape index (κ2) is 7.24. The van der Waals surface area contributed by atoms with Crippen LogP contribution in [0.5, 0.6) is 0 Å². The SMILES string of the molecule is COC1(C(=O)N2C[C@@H]3CN(C(C)=O)[C@H](c4ccccc4)[C@@H]3C2)CCNCC1. The minimum atomic E-state index is -0.688. The largest absolute Gasteiger partial charge is 0.368 e. The Morgan fingerprint density at radius 3 is 2.44 bits per heavy atom. The van der Waals surface area contributed by atoms with E-state index in [1.54, 1.807) is 14.0 Å². The number of likely N-dealkylation sites (tertiary alicyclic amines) is 2. The van der Waals surface area contributed by atoms with Crippen molar-refractivity contribution < 1.29 is 14.3 Å². The molecule has 1 aromatic carbocycles. The number of hydrogen-bond acceptors (Lipinski definition) is 4. The molecule has 3 aliphatic heterocycles. The second-order valence-corrected chi connectivity index (χ2v) is 8.11. The molecule has 0 radical (unpaired) electrons. The zero-order chi connectivity index (χ0) is 19.0. The minimum Gasteiger partial charge on any atom is -0.368 e. The van der Waals surface area contributed by atoms with Gasteiger partial charge in [-0.05, 0) is 31.5 Å². The number of amides is 2. The van der Waals surface area contributed by atoms with Crippen molar-refractivity contribution in [3.8, 4) is 0 Å². The van der Waals surface area contributed by atoms with Crippen LogP contribution in [0.25, 0.3) is 0 Å². The summed E-state index contributed by atoms with van der Waals surface area (Å²) in [6.07, 6.45) is 1.44. The summed E-state index contributed by atoms with van der Waals surface area (Å²) in [5.74, 6) is 0.861. The molecule has 6 heteroatoms. The first-order valence-electron chi connectivity index (χ1n) is 9.93. The van der Waals surface area contributed by atoms with E-state index in [2.05, 4.69) is 17.4 Å². The van der Waals surface area contributed by atoms with Crippen molar-refractivity contribution in [2.45, 2.75) is 31.4 Å². The van der Waals surface area contributed by atoms with Gasteiger partial charge in [0.05, 0.1) is 6.04 Å². The third-order valence-electron chi connectivity index (χ3n) is 6.69. The third kappa shape index (κ3) is 3.15. The normalized spacial score (nSPS) is 29.6. The molecule has 0 spiro atoms. The Balaban J connectivity index is 1.56. The molecule has 4 rings (SSSR count). The summed E-state index contributed by atoms with van der Waals surface area (Å²) in [7, 11) is 1.66. The summed E-state index contributed by atoms with van der Waals surface area (Å²) in [6, 6.07) is 10.3. The smallest absolute Gasteiger partial charge is 0.254 e. The van der Waals surface area contributed by atoms with Gasteiger partial charge in [0.15, 0.2) is 0 Å². The summed E-state index contributed by atoms with van der Waals surface area (Å²) >= 11 is 0. The summed E-state index contributed by atoms with van der Waals surface area (Å²) in [6.45, 7) is 5.41. The quantitative estimate of drug-likeness (QED) is 0.873. The van der Waals surface area contributed by atoms with E-state index in [1.807, 2.05) is 28.0 Å². The highest BCUT2D eigenvalue weighted by Crippen LogP contribution is 2.45. The van der Waals surface area contributed by atoms with E-state index in [4.69, 9.17) is 4.74 Å². The molecule has 0 bridgehead atoms. The Morgan fingerprint density at radius 2 is 1.81 bits per heavy atom. The summed E-state index contributed by atoms with van der Waals surface area (Å²) in [4.78, 5) is 29.6. The molecule has 1 N–H and O–H groups in total. The van der Waals surface area contributed by atoms with Gasteiger partial charge in [0.25, 0.3) is 5.91 Å². The van der Waals surface area contributed by atoms with Gasteiger partial charge >= 0.3 is 0 Å². The molecule has 3 saturated heterocycles. The molecular weight excluding hydrogens is 342 g/mol. The average Bonchev–Trinajstić information content (AvgIpc) is 3.26. The lowest BCUT2D eigenvalue weighted by Gasteiger charge is -2.38. The Kier molecular flexibility index (Phi) is 4.95. The van der Waals surface area contributed by atoms with Gasteiger partial charge in [0.2, 0.25) is 5.91 Å². The van der Waals surface area contributed by atoms with Crippen LogP contribution in [0.2, 0.25) is 0 Å². The minimum absolute atomic E-state index is 0.0537. The van der Waals surface area contributed by atoms with Gasteiger partial charge in [-0.1, -0.05) is 30.3 Å². The van der Waals surface area contributed by atoms with Crippen LogP contribution >= 0.6 is 0 Å². The number of piperidine rings is 1. The maximum absolute atomic E-state index is 13.3. The van der Waals surface area contributed by atoms with Crippen LogP contribution < -0.4 is 5.32 Å². The molecule has 0 aromatic heterocycles. The predicted octanol–water partition coefficient (Wildman–Crippen LogP) is 1.43. The van der Waals surface area contributed by atoms with Crippen molar-refractivity contribution in [1.82, 2.24) is 15.1 Å². The predicted molar refractivity (Wildman–Crippen MR) is 102 cm³/mol. The lowest BCUT2D eigenvalue weighted by Crippen LogP contribution is -2.55. The average molecular weight is 371 g/mol. The number of carbonyl (C=O) groups is 2. The molecule has 3 atom stereocenters. The molecule has 27 heavy (non-hydrogen) atoms. The molecule has 3 heterocycles. The number of methoxy groups -OCH3 is 1. The molecule has 0 saturated carbocycles. The molecule has 146 valence electrons. The van der Waals surface area contributed by atoms with E-state index >= 15 is 0 Å². The van der Waals surface area contributed by atoms with Crippen molar-refractivity contribution in [3.05, 3.63) is 35.9 Å². The number of hydrogen-bond donors (Lipinski definition) is 1. The van der Waals surface area contributed by atoms with E-state index in [9.17, 15) is 9.59 Å². The van der Waals surface area contributed by atoms with Gasteiger partial charge in [0.1, 0.15) is 5.60 Å². The Labute approximate surface area is 160 Å². The topological polar surface area (TPSA) is 61.9 Å². The second-order valence-electron chi connectivity index (χ2n) is 8.11. The van der Waals surface area contributed by atoms with Crippen molar-refractivity contribution in [1.29, 1.82) is 0 Å². The van der Waals surface area contributed by atoms with Crippen LogP contribution in [0.4, 0.5) is 0 Å². The number of fused-ring (bicyclic) bond motifs is 1. The van der Waals surface area contributed by atoms with E-state index < -0.39 is 5.60 Å². The van der Waals surface area contributed by atoms with Crippen molar-refractivity contribution >= 4 is 11.8 Å². The number of ether oxygens (including phenoxy) is 1. The van der Waals surface area contributed by atoms with Crippen molar-refractivity contribution in [2.75, 3.05) is 39.8 Å². The van der Waals surface area contributed by atoms with Crippen LogP contribution in [0.1, 0.15) is 31.4 Å². The summed E-state index contributed by atoms with van der Waals surface area (Å²) in [5.41, 5.74) is 0.477.